The molecule has 1 aliphatic heterocycles. The Labute approximate surface area is 171 Å². The summed E-state index contributed by atoms with van der Waals surface area (Å²) in [5.41, 5.74) is 2.21. The van der Waals surface area contributed by atoms with Gasteiger partial charge in [0.25, 0.3) is 0 Å². The van der Waals surface area contributed by atoms with Crippen molar-refractivity contribution in [3.8, 4) is 0 Å². The quantitative estimate of drug-likeness (QED) is 0.749. The second-order valence-electron chi connectivity index (χ2n) is 7.32. The van der Waals surface area contributed by atoms with Gasteiger partial charge in [-0.15, -0.1) is 0 Å². The van der Waals surface area contributed by atoms with Crippen molar-refractivity contribution in [1.29, 1.82) is 0 Å². The van der Waals surface area contributed by atoms with Crippen LogP contribution in [0.3, 0.4) is 0 Å². The highest BCUT2D eigenvalue weighted by molar-refractivity contribution is 7.92. The van der Waals surface area contributed by atoms with Crippen LogP contribution in [0.5, 0.6) is 0 Å². The maximum Gasteiger partial charge on any atom is 0.241 e. The number of halogens is 1. The molecule has 1 N–H and O–H groups in total. The number of sulfonamides is 1. The summed E-state index contributed by atoms with van der Waals surface area (Å²) in [5, 5.41) is 2.82. The molecular weight excluding hydrogens is 393 g/mol. The largest absolute Gasteiger partial charge is 0.372 e. The lowest BCUT2D eigenvalue weighted by Crippen LogP contribution is -2.41. The number of anilines is 2. The van der Waals surface area contributed by atoms with Crippen LogP contribution >= 0.6 is 0 Å². The maximum atomic E-state index is 13.5. The van der Waals surface area contributed by atoms with Crippen molar-refractivity contribution in [2.24, 2.45) is 0 Å². The average Bonchev–Trinajstić information content (AvgIpc) is 3.20. The first kappa shape index (κ1) is 21.1. The highest BCUT2D eigenvalue weighted by atomic mass is 32.2. The van der Waals surface area contributed by atoms with Crippen molar-refractivity contribution in [3.05, 3.63) is 59.9 Å². The Morgan fingerprint density at radius 3 is 2.41 bits per heavy atom. The van der Waals surface area contributed by atoms with E-state index in [2.05, 4.69) is 10.2 Å². The van der Waals surface area contributed by atoms with Gasteiger partial charge in [0.1, 0.15) is 12.4 Å². The Bertz CT molecular complexity index is 957. The number of nitrogens with zero attached hydrogens (tertiary/aromatic N) is 2. The molecule has 8 heteroatoms. The third kappa shape index (κ3) is 5.47. The van der Waals surface area contributed by atoms with Crippen LogP contribution in [-0.2, 0) is 14.8 Å². The Hall–Kier alpha value is -2.61. The summed E-state index contributed by atoms with van der Waals surface area (Å²) < 4.78 is 38.6. The normalized spacial score (nSPS) is 15.2. The van der Waals surface area contributed by atoms with Crippen molar-refractivity contribution < 1.29 is 17.6 Å². The molecule has 6 nitrogen and oxygen atoms in total. The van der Waals surface area contributed by atoms with Gasteiger partial charge in [-0.3, -0.25) is 9.10 Å². The Balaban J connectivity index is 1.66. The highest BCUT2D eigenvalue weighted by Crippen LogP contribution is 2.23. The van der Waals surface area contributed by atoms with E-state index in [1.54, 1.807) is 0 Å². The van der Waals surface area contributed by atoms with Crippen LogP contribution in [0.1, 0.15) is 31.4 Å². The van der Waals surface area contributed by atoms with Crippen molar-refractivity contribution in [1.82, 2.24) is 5.32 Å². The summed E-state index contributed by atoms with van der Waals surface area (Å²) in [4.78, 5) is 14.8. The number of carbonyl (C=O) groups excluding carboxylic acids is 1. The summed E-state index contributed by atoms with van der Waals surface area (Å²) in [6.45, 7) is 3.55. The zero-order chi connectivity index (χ0) is 21.0. The van der Waals surface area contributed by atoms with E-state index >= 15 is 0 Å². The van der Waals surface area contributed by atoms with E-state index in [-0.39, 0.29) is 11.7 Å². The van der Waals surface area contributed by atoms with Crippen molar-refractivity contribution >= 4 is 27.3 Å². The Morgan fingerprint density at radius 1 is 1.17 bits per heavy atom. The first-order valence-electron chi connectivity index (χ1n) is 9.61. The van der Waals surface area contributed by atoms with Gasteiger partial charge in [0.15, 0.2) is 0 Å². The van der Waals surface area contributed by atoms with Gasteiger partial charge in [0.2, 0.25) is 15.9 Å². The molecule has 1 fully saturated rings. The van der Waals surface area contributed by atoms with Gasteiger partial charge in [-0.25, -0.2) is 12.8 Å². The lowest BCUT2D eigenvalue weighted by Gasteiger charge is -2.23. The van der Waals surface area contributed by atoms with Crippen LogP contribution in [0.15, 0.2) is 48.5 Å². The molecule has 0 radical (unpaired) electrons. The molecule has 1 heterocycles. The van der Waals surface area contributed by atoms with Crippen LogP contribution in [-0.4, -0.2) is 40.2 Å². The van der Waals surface area contributed by atoms with Gasteiger partial charge in [0.05, 0.1) is 18.0 Å². The topological polar surface area (TPSA) is 69.7 Å². The molecule has 1 atom stereocenters. The fraction of sp³-hybridized carbons (Fsp3) is 0.381. The van der Waals surface area contributed by atoms with E-state index in [0.717, 1.165) is 35.3 Å². The Morgan fingerprint density at radius 2 is 1.83 bits per heavy atom. The van der Waals surface area contributed by atoms with Crippen LogP contribution < -0.4 is 14.5 Å². The molecule has 0 bridgehead atoms. The summed E-state index contributed by atoms with van der Waals surface area (Å²) >= 11 is 0. The van der Waals surface area contributed by atoms with Gasteiger partial charge >= 0.3 is 0 Å². The molecule has 0 aromatic heterocycles. The number of nitrogens with one attached hydrogen (secondary N) is 1. The standard InChI is InChI=1S/C21H26FN3O3S/c1-16(17-8-10-19(11-9-17)24-12-3-4-13-24)23-21(26)15-25(29(2,27)28)20-7-5-6-18(22)14-20/h5-11,14,16H,3-4,12-13,15H2,1-2H3,(H,23,26). The van der Waals surface area contributed by atoms with Crippen LogP contribution in [0.2, 0.25) is 0 Å². The zero-order valence-electron chi connectivity index (χ0n) is 16.6. The molecule has 1 aliphatic rings. The van der Waals surface area contributed by atoms with E-state index in [0.29, 0.717) is 0 Å². The van der Waals surface area contributed by atoms with Gasteiger partial charge in [0, 0.05) is 18.8 Å². The third-order valence-corrected chi connectivity index (χ3v) is 6.17. The first-order valence-corrected chi connectivity index (χ1v) is 11.5. The predicted octanol–water partition coefficient (Wildman–Crippen LogP) is 3.07. The Kier molecular flexibility index (Phi) is 6.42. The smallest absolute Gasteiger partial charge is 0.241 e. The molecule has 1 saturated heterocycles. The van der Waals surface area contributed by atoms with Gasteiger partial charge < -0.3 is 10.2 Å². The molecular formula is C21H26FN3O3S. The minimum Gasteiger partial charge on any atom is -0.372 e. The fourth-order valence-corrected chi connectivity index (χ4v) is 4.33. The molecule has 1 amide bonds. The molecule has 2 aromatic carbocycles. The molecule has 0 saturated carbocycles. The third-order valence-electron chi connectivity index (χ3n) is 5.03. The average molecular weight is 420 g/mol. The summed E-state index contributed by atoms with van der Waals surface area (Å²) in [6.07, 6.45) is 3.40. The summed E-state index contributed by atoms with van der Waals surface area (Å²) in [7, 11) is -3.75. The van der Waals surface area contributed by atoms with Crippen molar-refractivity contribution in [2.45, 2.75) is 25.8 Å². The highest BCUT2D eigenvalue weighted by Gasteiger charge is 2.22. The molecule has 3 rings (SSSR count). The van der Waals surface area contributed by atoms with Crippen LogP contribution in [0.4, 0.5) is 15.8 Å². The van der Waals surface area contributed by atoms with E-state index in [1.807, 2.05) is 31.2 Å². The molecule has 156 valence electrons. The number of hydrogen-bond donors (Lipinski definition) is 1. The minimum atomic E-state index is -3.75. The summed E-state index contributed by atoms with van der Waals surface area (Å²) in [6, 6.07) is 12.9. The van der Waals surface area contributed by atoms with Crippen molar-refractivity contribution in [3.63, 3.8) is 0 Å². The SMILES string of the molecule is CC(NC(=O)CN(c1cccc(F)c1)S(C)(=O)=O)c1ccc(N2CCCC2)cc1. The second kappa shape index (κ2) is 8.82. The molecule has 29 heavy (non-hydrogen) atoms. The number of hydrogen-bond acceptors (Lipinski definition) is 4. The van der Waals surface area contributed by atoms with E-state index in [1.165, 1.54) is 36.7 Å². The lowest BCUT2D eigenvalue weighted by atomic mass is 10.1. The monoisotopic (exact) mass is 419 g/mol. The van der Waals surface area contributed by atoms with Gasteiger partial charge in [-0.05, 0) is 55.7 Å². The number of amides is 1. The molecule has 1 unspecified atom stereocenters. The molecule has 2 aromatic rings. The van der Waals surface area contributed by atoms with E-state index in [4.69, 9.17) is 0 Å². The van der Waals surface area contributed by atoms with Crippen LogP contribution in [0, 0.1) is 5.82 Å². The second-order valence-corrected chi connectivity index (χ2v) is 9.23. The molecule has 0 aliphatic carbocycles. The van der Waals surface area contributed by atoms with Gasteiger partial charge in [-0.1, -0.05) is 18.2 Å². The number of carbonyl (C=O) groups is 1. The lowest BCUT2D eigenvalue weighted by molar-refractivity contribution is -0.120. The number of rotatable bonds is 7. The van der Waals surface area contributed by atoms with Gasteiger partial charge in [-0.2, -0.15) is 0 Å². The van der Waals surface area contributed by atoms with Crippen LogP contribution in [0.25, 0.3) is 0 Å². The number of benzene rings is 2. The first-order chi connectivity index (χ1) is 13.7. The summed E-state index contributed by atoms with van der Waals surface area (Å²) in [5.74, 6) is -1.03. The van der Waals surface area contributed by atoms with E-state index < -0.39 is 28.3 Å². The predicted molar refractivity (Wildman–Crippen MR) is 113 cm³/mol. The minimum absolute atomic E-state index is 0.116. The maximum absolute atomic E-state index is 13.5. The molecule has 0 spiro atoms. The zero-order valence-corrected chi connectivity index (χ0v) is 17.5. The van der Waals surface area contributed by atoms with E-state index in [9.17, 15) is 17.6 Å². The fourth-order valence-electron chi connectivity index (χ4n) is 3.48. The van der Waals surface area contributed by atoms with Crippen molar-refractivity contribution in [2.75, 3.05) is 35.1 Å².